The fourth-order valence-electron chi connectivity index (χ4n) is 3.12. The van der Waals surface area contributed by atoms with Gasteiger partial charge in [-0.25, -0.2) is 14.5 Å². The van der Waals surface area contributed by atoms with Gasteiger partial charge in [0.25, 0.3) is 5.56 Å². The zero-order valence-corrected chi connectivity index (χ0v) is 15.7. The minimum absolute atomic E-state index is 0.0686. The molecule has 0 unspecified atom stereocenters. The van der Waals surface area contributed by atoms with Gasteiger partial charge in [-0.15, -0.1) is 5.10 Å². The lowest BCUT2D eigenvalue weighted by Crippen LogP contribution is -2.25. The molecule has 5 rings (SSSR count). The van der Waals surface area contributed by atoms with Crippen LogP contribution in [0.4, 0.5) is 0 Å². The number of benzene rings is 1. The van der Waals surface area contributed by atoms with E-state index in [9.17, 15) is 9.59 Å². The first-order valence-electron chi connectivity index (χ1n) is 8.79. The molecule has 0 bridgehead atoms. The Hall–Kier alpha value is -3.78. The van der Waals surface area contributed by atoms with E-state index in [-0.39, 0.29) is 12.1 Å². The smallest absolute Gasteiger partial charge is 0.269 e. The minimum Gasteiger partial charge on any atom is -0.269 e. The van der Waals surface area contributed by atoms with E-state index in [4.69, 9.17) is 11.6 Å². The zero-order chi connectivity index (χ0) is 20.0. The third-order valence-electron chi connectivity index (χ3n) is 4.52. The van der Waals surface area contributed by atoms with Crippen molar-refractivity contribution in [2.24, 2.45) is 0 Å². The monoisotopic (exact) mass is 404 g/mol. The molecule has 0 saturated carbocycles. The molecule has 1 aromatic carbocycles. The summed E-state index contributed by atoms with van der Waals surface area (Å²) in [6.07, 6.45) is 1.65. The lowest BCUT2D eigenvalue weighted by Gasteiger charge is -2.03. The van der Waals surface area contributed by atoms with Gasteiger partial charge < -0.3 is 0 Å². The molecule has 0 aliphatic heterocycles. The second-order valence-electron chi connectivity index (χ2n) is 6.45. The molecular formula is C20H13ClN6O2. The Morgan fingerprint density at radius 3 is 2.55 bits per heavy atom. The number of rotatable bonds is 3. The van der Waals surface area contributed by atoms with Crippen molar-refractivity contribution < 1.29 is 0 Å². The molecular weight excluding hydrogens is 392 g/mol. The SMILES string of the molecule is O=c1cc(Cn2nc3ccc(-c4ccc(Cl)cc4)nn3c2=O)nc2ccccn12. The Labute approximate surface area is 168 Å². The predicted molar refractivity (Wildman–Crippen MR) is 108 cm³/mol. The van der Waals surface area contributed by atoms with Crippen LogP contribution in [0.1, 0.15) is 5.69 Å². The van der Waals surface area contributed by atoms with Crippen LogP contribution in [0.5, 0.6) is 0 Å². The summed E-state index contributed by atoms with van der Waals surface area (Å²) >= 11 is 5.93. The van der Waals surface area contributed by atoms with Gasteiger partial charge in [0.1, 0.15) is 5.65 Å². The van der Waals surface area contributed by atoms with E-state index in [1.807, 2.05) is 12.1 Å². The molecule has 0 radical (unpaired) electrons. The lowest BCUT2D eigenvalue weighted by atomic mass is 10.1. The first kappa shape index (κ1) is 17.3. The van der Waals surface area contributed by atoms with Crippen LogP contribution in [0.25, 0.3) is 22.6 Å². The summed E-state index contributed by atoms with van der Waals surface area (Å²) in [6.45, 7) is 0.0686. The van der Waals surface area contributed by atoms with Crippen LogP contribution in [-0.4, -0.2) is 28.8 Å². The van der Waals surface area contributed by atoms with Crippen molar-refractivity contribution in [1.82, 2.24) is 28.8 Å². The third-order valence-corrected chi connectivity index (χ3v) is 4.77. The van der Waals surface area contributed by atoms with Gasteiger partial charge in [0.2, 0.25) is 0 Å². The first-order chi connectivity index (χ1) is 14.1. The molecule has 0 aliphatic rings. The largest absolute Gasteiger partial charge is 0.367 e. The number of halogens is 1. The lowest BCUT2D eigenvalue weighted by molar-refractivity contribution is 0.638. The first-order valence-corrected chi connectivity index (χ1v) is 9.16. The average Bonchev–Trinajstić information content (AvgIpc) is 3.03. The maximum atomic E-state index is 12.8. The van der Waals surface area contributed by atoms with E-state index in [0.717, 1.165) is 5.56 Å². The second kappa shape index (κ2) is 6.68. The van der Waals surface area contributed by atoms with Gasteiger partial charge in [0.05, 0.1) is 17.9 Å². The Morgan fingerprint density at radius 1 is 0.897 bits per heavy atom. The molecule has 142 valence electrons. The van der Waals surface area contributed by atoms with Crippen molar-refractivity contribution in [2.45, 2.75) is 6.54 Å². The number of nitrogens with zero attached hydrogens (tertiary/aromatic N) is 6. The summed E-state index contributed by atoms with van der Waals surface area (Å²) in [4.78, 5) is 29.5. The topological polar surface area (TPSA) is 86.6 Å². The van der Waals surface area contributed by atoms with Gasteiger partial charge in [-0.2, -0.15) is 9.61 Å². The molecule has 0 N–H and O–H groups in total. The quantitative estimate of drug-likeness (QED) is 0.460. The molecule has 0 atom stereocenters. The van der Waals surface area contributed by atoms with Crippen LogP contribution in [0.15, 0.2) is 76.4 Å². The second-order valence-corrected chi connectivity index (χ2v) is 6.89. The van der Waals surface area contributed by atoms with Crippen LogP contribution in [0.2, 0.25) is 5.02 Å². The molecule has 0 saturated heterocycles. The van der Waals surface area contributed by atoms with Crippen molar-refractivity contribution >= 4 is 22.9 Å². The van der Waals surface area contributed by atoms with Crippen molar-refractivity contribution in [2.75, 3.05) is 0 Å². The summed E-state index contributed by atoms with van der Waals surface area (Å²) < 4.78 is 3.92. The summed E-state index contributed by atoms with van der Waals surface area (Å²) in [5.41, 5.74) is 2.19. The van der Waals surface area contributed by atoms with Gasteiger partial charge in [0.15, 0.2) is 5.65 Å². The Balaban J connectivity index is 1.56. The fourth-order valence-corrected chi connectivity index (χ4v) is 3.25. The zero-order valence-electron chi connectivity index (χ0n) is 14.9. The maximum absolute atomic E-state index is 12.8. The van der Waals surface area contributed by atoms with E-state index in [0.29, 0.717) is 27.7 Å². The maximum Gasteiger partial charge on any atom is 0.367 e. The van der Waals surface area contributed by atoms with Crippen LogP contribution in [0.3, 0.4) is 0 Å². The summed E-state index contributed by atoms with van der Waals surface area (Å²) in [7, 11) is 0. The van der Waals surface area contributed by atoms with E-state index < -0.39 is 5.69 Å². The summed E-state index contributed by atoms with van der Waals surface area (Å²) in [5.74, 6) is 0. The Bertz CT molecular complexity index is 1480. The molecule has 0 aliphatic carbocycles. The van der Waals surface area contributed by atoms with Crippen molar-refractivity contribution in [3.05, 3.63) is 98.4 Å². The fraction of sp³-hybridized carbons (Fsp3) is 0.0500. The highest BCUT2D eigenvalue weighted by molar-refractivity contribution is 6.30. The van der Waals surface area contributed by atoms with Crippen molar-refractivity contribution in [3.8, 4) is 11.3 Å². The number of fused-ring (bicyclic) bond motifs is 2. The van der Waals surface area contributed by atoms with Crippen molar-refractivity contribution in [1.29, 1.82) is 0 Å². The highest BCUT2D eigenvalue weighted by Crippen LogP contribution is 2.19. The molecule has 0 amide bonds. The standard InChI is InChI=1S/C20H13ClN6O2/c21-14-6-4-13(5-7-14)16-8-9-18-24-26(20(29)27(18)23-16)12-15-11-19(28)25-10-2-1-3-17(25)22-15/h1-11H,12H2. The minimum atomic E-state index is -0.411. The molecule has 8 nitrogen and oxygen atoms in total. The van der Waals surface area contributed by atoms with E-state index >= 15 is 0 Å². The van der Waals surface area contributed by atoms with Crippen molar-refractivity contribution in [3.63, 3.8) is 0 Å². The van der Waals surface area contributed by atoms with Gasteiger partial charge in [0, 0.05) is 22.8 Å². The van der Waals surface area contributed by atoms with Crippen LogP contribution in [-0.2, 0) is 6.54 Å². The molecule has 4 aromatic heterocycles. The Morgan fingerprint density at radius 2 is 1.72 bits per heavy atom. The van der Waals surface area contributed by atoms with Gasteiger partial charge in [-0.3, -0.25) is 9.20 Å². The normalized spacial score (nSPS) is 11.3. The molecule has 4 heterocycles. The van der Waals surface area contributed by atoms with Gasteiger partial charge >= 0.3 is 5.69 Å². The summed E-state index contributed by atoms with van der Waals surface area (Å²) in [5, 5.41) is 9.32. The highest BCUT2D eigenvalue weighted by Gasteiger charge is 2.12. The molecule has 29 heavy (non-hydrogen) atoms. The molecule has 0 spiro atoms. The van der Waals surface area contributed by atoms with Crippen LogP contribution in [0, 0.1) is 0 Å². The van der Waals surface area contributed by atoms with Gasteiger partial charge in [-0.05, 0) is 36.4 Å². The molecule has 5 aromatic rings. The Kier molecular flexibility index (Phi) is 3.99. The third kappa shape index (κ3) is 3.09. The number of aromatic nitrogens is 6. The number of hydrogen-bond acceptors (Lipinski definition) is 5. The van der Waals surface area contributed by atoms with Crippen LogP contribution >= 0.6 is 11.6 Å². The number of pyridine rings is 1. The van der Waals surface area contributed by atoms with E-state index in [1.54, 1.807) is 48.7 Å². The summed E-state index contributed by atoms with van der Waals surface area (Å²) in [6, 6.07) is 17.4. The highest BCUT2D eigenvalue weighted by atomic mass is 35.5. The molecule has 9 heteroatoms. The van der Waals surface area contributed by atoms with Crippen LogP contribution < -0.4 is 11.2 Å². The molecule has 0 fully saturated rings. The van der Waals surface area contributed by atoms with Gasteiger partial charge in [-0.1, -0.05) is 29.8 Å². The van der Waals surface area contributed by atoms with E-state index in [1.165, 1.54) is 19.7 Å². The van der Waals surface area contributed by atoms with E-state index in [2.05, 4.69) is 15.2 Å². The predicted octanol–water partition coefficient (Wildman–Crippen LogP) is 2.27. The number of hydrogen-bond donors (Lipinski definition) is 0. The average molecular weight is 405 g/mol.